The van der Waals surface area contributed by atoms with Crippen LogP contribution in [0.4, 0.5) is 18.9 Å². The summed E-state index contributed by atoms with van der Waals surface area (Å²) in [5, 5.41) is 9.88. The van der Waals surface area contributed by atoms with E-state index in [-0.39, 0.29) is 49.4 Å². The summed E-state index contributed by atoms with van der Waals surface area (Å²) in [6, 6.07) is 3.94. The molecule has 10 nitrogen and oxygen atoms in total. The number of carbonyl (C=O) groups is 4. The van der Waals surface area contributed by atoms with Crippen molar-refractivity contribution in [3.05, 3.63) is 47.3 Å². The normalized spacial score (nSPS) is 23.4. The Kier molecular flexibility index (Phi) is 6.87. The fraction of sp³-hybridized carbons (Fsp3) is 0.536. The Morgan fingerprint density at radius 2 is 1.80 bits per heavy atom. The van der Waals surface area contributed by atoms with Gasteiger partial charge in [0.2, 0.25) is 11.8 Å². The number of nitrogens with one attached hydrogen (secondary N) is 2. The lowest BCUT2D eigenvalue weighted by Crippen LogP contribution is -2.54. The molecule has 1 aromatic carbocycles. The van der Waals surface area contributed by atoms with Gasteiger partial charge in [0.1, 0.15) is 6.04 Å². The van der Waals surface area contributed by atoms with E-state index >= 15 is 0 Å². The van der Waals surface area contributed by atoms with Crippen LogP contribution in [0, 0.1) is 5.41 Å². The molecule has 4 amide bonds. The predicted octanol–water partition coefficient (Wildman–Crippen LogP) is 3.27. The number of rotatable bonds is 7. The van der Waals surface area contributed by atoms with Crippen LogP contribution < -0.4 is 10.6 Å². The SMILES string of the molecule is O=C1CCC(N2C(=O)c3cccc(NCc4cnn(C5CCN(CC6(C(F)(F)F)CCC6)CC5)c4)c3C2=O)C(=O)N1. The lowest BCUT2D eigenvalue weighted by atomic mass is 9.67. The number of carbonyl (C=O) groups excluding carboxylic acids is 4. The largest absolute Gasteiger partial charge is 0.395 e. The average molecular weight is 573 g/mol. The number of nitrogens with zero attached hydrogens (tertiary/aromatic N) is 4. The third-order valence-electron chi connectivity index (χ3n) is 8.98. The van der Waals surface area contributed by atoms with Crippen LogP contribution in [0.3, 0.4) is 0 Å². The van der Waals surface area contributed by atoms with Crippen molar-refractivity contribution >= 4 is 29.3 Å². The highest BCUT2D eigenvalue weighted by molar-refractivity contribution is 6.25. The topological polar surface area (TPSA) is 117 Å². The molecule has 0 spiro atoms. The molecular weight excluding hydrogens is 541 g/mol. The molecule has 2 N–H and O–H groups in total. The number of likely N-dealkylation sites (tertiary alicyclic amines) is 1. The van der Waals surface area contributed by atoms with Crippen molar-refractivity contribution in [3.8, 4) is 0 Å². The summed E-state index contributed by atoms with van der Waals surface area (Å²) in [4.78, 5) is 53.1. The number of hydrogen-bond donors (Lipinski definition) is 2. The van der Waals surface area contributed by atoms with Crippen LogP contribution >= 0.6 is 0 Å². The quantitative estimate of drug-likeness (QED) is 0.490. The zero-order valence-corrected chi connectivity index (χ0v) is 22.4. The highest BCUT2D eigenvalue weighted by Gasteiger charge is 2.58. The standard InChI is InChI=1S/C28H31F3N6O4/c29-28(30,31)27(9-2-10-27)16-35-11-7-18(8-12-35)36-15-17(14-33-36)13-32-20-4-1-3-19-23(20)26(41)37(25(19)40)21-5-6-22(38)34-24(21)39/h1,3-4,14-15,18,21,32H,2,5-13,16H2,(H,34,38,39). The third-order valence-corrected chi connectivity index (χ3v) is 8.98. The second kappa shape index (κ2) is 10.3. The second-order valence-electron chi connectivity index (χ2n) is 11.5. The molecule has 4 heterocycles. The highest BCUT2D eigenvalue weighted by Crippen LogP contribution is 2.53. The Bertz CT molecular complexity index is 1390. The van der Waals surface area contributed by atoms with E-state index in [4.69, 9.17) is 0 Å². The second-order valence-corrected chi connectivity index (χ2v) is 11.5. The summed E-state index contributed by atoms with van der Waals surface area (Å²) in [5.41, 5.74) is 0.124. The van der Waals surface area contributed by atoms with Crippen LogP contribution in [0.2, 0.25) is 0 Å². The van der Waals surface area contributed by atoms with Crippen LogP contribution in [0.25, 0.3) is 0 Å². The van der Waals surface area contributed by atoms with Crippen LogP contribution in [0.5, 0.6) is 0 Å². The van der Waals surface area contributed by atoms with E-state index in [9.17, 15) is 32.3 Å². The van der Waals surface area contributed by atoms with Crippen molar-refractivity contribution in [2.45, 2.75) is 69.8 Å². The molecule has 1 aliphatic carbocycles. The van der Waals surface area contributed by atoms with Gasteiger partial charge in [-0.1, -0.05) is 12.5 Å². The molecule has 41 heavy (non-hydrogen) atoms. The zero-order chi connectivity index (χ0) is 28.9. The number of anilines is 1. The molecule has 218 valence electrons. The van der Waals surface area contributed by atoms with Gasteiger partial charge in [-0.05, 0) is 44.2 Å². The minimum absolute atomic E-state index is 0.0479. The summed E-state index contributed by atoms with van der Waals surface area (Å²) >= 11 is 0. The minimum atomic E-state index is -4.16. The fourth-order valence-electron chi connectivity index (χ4n) is 6.43. The molecule has 3 fully saturated rings. The van der Waals surface area contributed by atoms with Crippen molar-refractivity contribution in [3.63, 3.8) is 0 Å². The number of amides is 4. The molecule has 3 aliphatic heterocycles. The number of piperidine rings is 2. The van der Waals surface area contributed by atoms with Gasteiger partial charge in [0.05, 0.1) is 28.8 Å². The molecule has 6 rings (SSSR count). The number of imide groups is 2. The number of aromatic nitrogens is 2. The summed E-state index contributed by atoms with van der Waals surface area (Å²) < 4.78 is 42.6. The lowest BCUT2D eigenvalue weighted by Gasteiger charge is -2.47. The molecule has 2 aromatic rings. The Hall–Kier alpha value is -3.74. The van der Waals surface area contributed by atoms with Gasteiger partial charge in [-0.3, -0.25) is 34.1 Å². The van der Waals surface area contributed by atoms with Gasteiger partial charge in [-0.15, -0.1) is 0 Å². The number of alkyl halides is 3. The zero-order valence-electron chi connectivity index (χ0n) is 22.4. The molecular formula is C28H31F3N6O4. The van der Waals surface area contributed by atoms with Crippen molar-refractivity contribution in [1.29, 1.82) is 0 Å². The Morgan fingerprint density at radius 1 is 1.05 bits per heavy atom. The molecule has 4 aliphatic rings. The average Bonchev–Trinajstić information content (AvgIpc) is 3.48. The predicted molar refractivity (Wildman–Crippen MR) is 140 cm³/mol. The Labute approximate surface area is 234 Å². The van der Waals surface area contributed by atoms with E-state index in [1.807, 2.05) is 15.8 Å². The molecule has 1 saturated carbocycles. The van der Waals surface area contributed by atoms with Gasteiger partial charge in [-0.25, -0.2) is 0 Å². The molecule has 0 radical (unpaired) electrons. The van der Waals surface area contributed by atoms with E-state index in [1.54, 1.807) is 24.4 Å². The highest BCUT2D eigenvalue weighted by atomic mass is 19.4. The summed E-state index contributed by atoms with van der Waals surface area (Å²) in [6.45, 7) is 1.57. The molecule has 2 saturated heterocycles. The molecule has 1 atom stereocenters. The molecule has 0 bridgehead atoms. The van der Waals surface area contributed by atoms with E-state index < -0.39 is 41.3 Å². The van der Waals surface area contributed by atoms with E-state index in [2.05, 4.69) is 15.7 Å². The van der Waals surface area contributed by atoms with Gasteiger partial charge in [0, 0.05) is 50.0 Å². The molecule has 1 aromatic heterocycles. The maximum Gasteiger partial charge on any atom is 0.395 e. The first kappa shape index (κ1) is 27.4. The monoisotopic (exact) mass is 572 g/mol. The van der Waals surface area contributed by atoms with Gasteiger partial charge >= 0.3 is 6.18 Å². The van der Waals surface area contributed by atoms with Crippen LogP contribution in [-0.2, 0) is 16.1 Å². The third kappa shape index (κ3) is 4.89. The van der Waals surface area contributed by atoms with E-state index in [0.717, 1.165) is 10.5 Å². The van der Waals surface area contributed by atoms with Crippen molar-refractivity contribution in [2.75, 3.05) is 25.0 Å². The first-order valence-corrected chi connectivity index (χ1v) is 14.0. The van der Waals surface area contributed by atoms with Crippen LogP contribution in [-0.4, -0.2) is 75.1 Å². The van der Waals surface area contributed by atoms with E-state index in [0.29, 0.717) is 44.6 Å². The number of halogens is 3. The van der Waals surface area contributed by atoms with Gasteiger partial charge in [0.15, 0.2) is 0 Å². The lowest BCUT2D eigenvalue weighted by molar-refractivity contribution is -0.256. The fourth-order valence-corrected chi connectivity index (χ4v) is 6.43. The van der Waals surface area contributed by atoms with Gasteiger partial charge in [0.25, 0.3) is 11.8 Å². The van der Waals surface area contributed by atoms with Crippen molar-refractivity contribution in [1.82, 2.24) is 24.9 Å². The van der Waals surface area contributed by atoms with Crippen molar-refractivity contribution < 1.29 is 32.3 Å². The van der Waals surface area contributed by atoms with E-state index in [1.165, 1.54) is 0 Å². The Morgan fingerprint density at radius 3 is 2.46 bits per heavy atom. The number of fused-ring (bicyclic) bond motifs is 1. The molecule has 1 unspecified atom stereocenters. The maximum absolute atomic E-state index is 13.6. The smallest absolute Gasteiger partial charge is 0.380 e. The maximum atomic E-state index is 13.6. The van der Waals surface area contributed by atoms with Crippen molar-refractivity contribution in [2.24, 2.45) is 5.41 Å². The summed E-state index contributed by atoms with van der Waals surface area (Å²) in [7, 11) is 0. The van der Waals surface area contributed by atoms with Crippen LogP contribution in [0.1, 0.15) is 77.3 Å². The summed E-state index contributed by atoms with van der Waals surface area (Å²) in [5.74, 6) is -2.24. The van der Waals surface area contributed by atoms with Gasteiger partial charge in [-0.2, -0.15) is 18.3 Å². The number of hydrogen-bond acceptors (Lipinski definition) is 7. The Balaban J connectivity index is 1.07. The first-order chi connectivity index (χ1) is 19.6. The minimum Gasteiger partial charge on any atom is -0.380 e. The molecule has 13 heteroatoms. The van der Waals surface area contributed by atoms with Gasteiger partial charge < -0.3 is 10.2 Å². The number of benzene rings is 1. The first-order valence-electron chi connectivity index (χ1n) is 14.0. The van der Waals surface area contributed by atoms with Crippen LogP contribution in [0.15, 0.2) is 30.6 Å². The summed E-state index contributed by atoms with van der Waals surface area (Å²) in [6.07, 6.45) is 2.05.